The summed E-state index contributed by atoms with van der Waals surface area (Å²) in [4.78, 5) is 29.1. The van der Waals surface area contributed by atoms with E-state index in [-0.39, 0.29) is 23.2 Å². The molecule has 3 aromatic rings. The van der Waals surface area contributed by atoms with Crippen molar-refractivity contribution >= 4 is 16.9 Å². The number of benzene rings is 2. The topological polar surface area (TPSA) is 78.2 Å². The Labute approximate surface area is 204 Å². The molecule has 2 atom stereocenters. The number of rotatable bonds is 7. The number of amides is 1. The molecule has 0 radical (unpaired) electrons. The van der Waals surface area contributed by atoms with Crippen molar-refractivity contribution in [2.45, 2.75) is 45.8 Å². The van der Waals surface area contributed by atoms with Crippen LogP contribution in [-0.2, 0) is 4.74 Å². The van der Waals surface area contributed by atoms with Crippen molar-refractivity contribution in [2.75, 3.05) is 26.9 Å². The van der Waals surface area contributed by atoms with Crippen molar-refractivity contribution in [1.82, 2.24) is 4.90 Å². The van der Waals surface area contributed by atoms with Gasteiger partial charge in [-0.3, -0.25) is 9.59 Å². The summed E-state index contributed by atoms with van der Waals surface area (Å²) in [5.74, 6) is 1.36. The molecule has 1 saturated heterocycles. The summed E-state index contributed by atoms with van der Waals surface area (Å²) in [5.41, 5.74) is 2.32. The molecule has 7 nitrogen and oxygen atoms in total. The van der Waals surface area contributed by atoms with Gasteiger partial charge in [-0.15, -0.1) is 0 Å². The zero-order valence-electron chi connectivity index (χ0n) is 20.6. The summed E-state index contributed by atoms with van der Waals surface area (Å²) in [6.07, 6.45) is 1.76. The Kier molecular flexibility index (Phi) is 6.28. The van der Waals surface area contributed by atoms with Gasteiger partial charge in [-0.1, -0.05) is 31.5 Å². The van der Waals surface area contributed by atoms with Crippen LogP contribution in [0.2, 0.25) is 0 Å². The van der Waals surface area contributed by atoms with Crippen molar-refractivity contribution in [1.29, 1.82) is 0 Å². The van der Waals surface area contributed by atoms with E-state index in [1.807, 2.05) is 37.3 Å². The molecule has 0 spiro atoms. The van der Waals surface area contributed by atoms with Gasteiger partial charge in [0.2, 0.25) is 5.76 Å². The SMILES string of the molecule is COc1cc([C@@H]2c3c(oc4ccc(C)cc4c3=O)C(=O)N2C[C@@H]2CCCO2)ccc1OCC(C)C. The van der Waals surface area contributed by atoms with E-state index in [0.29, 0.717) is 53.7 Å². The monoisotopic (exact) mass is 477 g/mol. The van der Waals surface area contributed by atoms with E-state index in [0.717, 1.165) is 24.0 Å². The molecule has 1 amide bonds. The van der Waals surface area contributed by atoms with Gasteiger partial charge in [-0.05, 0) is 55.5 Å². The predicted molar refractivity (Wildman–Crippen MR) is 132 cm³/mol. The fourth-order valence-electron chi connectivity index (χ4n) is 4.91. The number of fused-ring (bicyclic) bond motifs is 2. The van der Waals surface area contributed by atoms with Crippen molar-refractivity contribution in [2.24, 2.45) is 5.92 Å². The van der Waals surface area contributed by atoms with Gasteiger partial charge in [0.25, 0.3) is 5.91 Å². The molecular weight excluding hydrogens is 446 g/mol. The van der Waals surface area contributed by atoms with Crippen molar-refractivity contribution in [3.8, 4) is 11.5 Å². The molecule has 7 heteroatoms. The summed E-state index contributed by atoms with van der Waals surface area (Å²) in [6.45, 7) is 7.71. The minimum atomic E-state index is -0.601. The number of methoxy groups -OCH3 is 1. The number of nitrogens with zero attached hydrogens (tertiary/aromatic N) is 1. The molecule has 2 aliphatic heterocycles. The van der Waals surface area contributed by atoms with E-state index in [1.165, 1.54) is 0 Å². The summed E-state index contributed by atoms with van der Waals surface area (Å²) in [7, 11) is 1.59. The number of hydrogen-bond acceptors (Lipinski definition) is 6. The normalized spacial score (nSPS) is 19.6. The van der Waals surface area contributed by atoms with Crippen LogP contribution < -0.4 is 14.9 Å². The van der Waals surface area contributed by atoms with Gasteiger partial charge in [0, 0.05) is 13.2 Å². The van der Waals surface area contributed by atoms with Crippen LogP contribution in [0.1, 0.15) is 60.0 Å². The Bertz CT molecular complexity index is 1320. The first kappa shape index (κ1) is 23.4. The van der Waals surface area contributed by atoms with Gasteiger partial charge in [0.1, 0.15) is 5.58 Å². The highest BCUT2D eigenvalue weighted by Gasteiger charge is 2.44. The Balaban J connectivity index is 1.64. The quantitative estimate of drug-likeness (QED) is 0.483. The lowest BCUT2D eigenvalue weighted by atomic mass is 9.97. The Morgan fingerprint density at radius 2 is 1.94 bits per heavy atom. The lowest BCUT2D eigenvalue weighted by Crippen LogP contribution is -2.36. The highest BCUT2D eigenvalue weighted by molar-refractivity contribution is 5.99. The van der Waals surface area contributed by atoms with Crippen LogP contribution in [0.25, 0.3) is 11.0 Å². The average molecular weight is 478 g/mol. The first-order valence-corrected chi connectivity index (χ1v) is 12.2. The summed E-state index contributed by atoms with van der Waals surface area (Å²) >= 11 is 0. The lowest BCUT2D eigenvalue weighted by molar-refractivity contribution is 0.0486. The van der Waals surface area contributed by atoms with Crippen molar-refractivity contribution in [3.63, 3.8) is 0 Å². The van der Waals surface area contributed by atoms with Crippen LogP contribution in [0.5, 0.6) is 11.5 Å². The Morgan fingerprint density at radius 3 is 2.66 bits per heavy atom. The van der Waals surface area contributed by atoms with E-state index in [4.69, 9.17) is 18.6 Å². The van der Waals surface area contributed by atoms with E-state index < -0.39 is 6.04 Å². The first-order chi connectivity index (χ1) is 16.9. The number of aryl methyl sites for hydroxylation is 1. The predicted octanol–water partition coefficient (Wildman–Crippen LogP) is 4.87. The van der Waals surface area contributed by atoms with Crippen molar-refractivity contribution in [3.05, 3.63) is 69.1 Å². The molecule has 184 valence electrons. The maximum Gasteiger partial charge on any atom is 0.291 e. The lowest BCUT2D eigenvalue weighted by Gasteiger charge is -2.28. The fraction of sp³-hybridized carbons (Fsp3) is 0.429. The van der Waals surface area contributed by atoms with Crippen LogP contribution in [0.15, 0.2) is 45.6 Å². The Hall–Kier alpha value is -3.32. The average Bonchev–Trinajstić information content (AvgIpc) is 3.45. The van der Waals surface area contributed by atoms with Gasteiger partial charge in [-0.2, -0.15) is 0 Å². The molecule has 1 fully saturated rings. The van der Waals surface area contributed by atoms with E-state index in [1.54, 1.807) is 18.1 Å². The summed E-state index contributed by atoms with van der Waals surface area (Å²) < 4.78 is 23.4. The zero-order valence-corrected chi connectivity index (χ0v) is 20.6. The highest BCUT2D eigenvalue weighted by Crippen LogP contribution is 2.41. The summed E-state index contributed by atoms with van der Waals surface area (Å²) in [6, 6.07) is 10.4. The number of carbonyl (C=O) groups is 1. The fourth-order valence-corrected chi connectivity index (χ4v) is 4.91. The van der Waals surface area contributed by atoms with Crippen LogP contribution >= 0.6 is 0 Å². The maximum absolute atomic E-state index is 13.8. The van der Waals surface area contributed by atoms with Gasteiger partial charge < -0.3 is 23.5 Å². The zero-order chi connectivity index (χ0) is 24.7. The van der Waals surface area contributed by atoms with Gasteiger partial charge in [0.15, 0.2) is 16.9 Å². The van der Waals surface area contributed by atoms with E-state index in [9.17, 15) is 9.59 Å². The largest absolute Gasteiger partial charge is 0.493 e. The third-order valence-corrected chi connectivity index (χ3v) is 6.62. The minimum Gasteiger partial charge on any atom is -0.493 e. The molecular formula is C28H31NO6. The highest BCUT2D eigenvalue weighted by atomic mass is 16.5. The molecule has 0 N–H and O–H groups in total. The van der Waals surface area contributed by atoms with E-state index >= 15 is 0 Å². The molecule has 0 bridgehead atoms. The molecule has 0 unspecified atom stereocenters. The standard InChI is InChI=1S/C28H31NO6/c1-16(2)15-34-22-10-8-18(13-23(22)32-4)25-24-26(30)20-12-17(3)7-9-21(20)35-27(24)28(31)29(25)14-19-6-5-11-33-19/h7-10,12-13,16,19,25H,5-6,11,14-15H2,1-4H3/t19-,25+/m0/s1. The number of ether oxygens (including phenoxy) is 3. The van der Waals surface area contributed by atoms with Crippen LogP contribution in [0.3, 0.4) is 0 Å². The minimum absolute atomic E-state index is 0.0712. The number of carbonyl (C=O) groups excluding carboxylic acids is 1. The van der Waals surface area contributed by atoms with Gasteiger partial charge >= 0.3 is 0 Å². The molecule has 35 heavy (non-hydrogen) atoms. The molecule has 3 heterocycles. The molecule has 0 aliphatic carbocycles. The van der Waals surface area contributed by atoms with Crippen LogP contribution in [0, 0.1) is 12.8 Å². The van der Waals surface area contributed by atoms with E-state index in [2.05, 4.69) is 13.8 Å². The first-order valence-electron chi connectivity index (χ1n) is 12.2. The third kappa shape index (κ3) is 4.29. The summed E-state index contributed by atoms with van der Waals surface area (Å²) in [5, 5.41) is 0.476. The molecule has 2 aromatic carbocycles. The number of hydrogen-bond donors (Lipinski definition) is 0. The second-order valence-corrected chi connectivity index (χ2v) is 9.78. The van der Waals surface area contributed by atoms with Crippen LogP contribution in [-0.4, -0.2) is 43.8 Å². The maximum atomic E-state index is 13.8. The third-order valence-electron chi connectivity index (χ3n) is 6.62. The molecule has 2 aliphatic rings. The van der Waals surface area contributed by atoms with Gasteiger partial charge in [-0.25, -0.2) is 0 Å². The smallest absolute Gasteiger partial charge is 0.291 e. The van der Waals surface area contributed by atoms with Crippen LogP contribution in [0.4, 0.5) is 0 Å². The molecule has 5 rings (SSSR count). The Morgan fingerprint density at radius 1 is 1.11 bits per heavy atom. The second-order valence-electron chi connectivity index (χ2n) is 9.78. The second kappa shape index (κ2) is 9.38. The molecule has 0 saturated carbocycles. The van der Waals surface area contributed by atoms with Crippen molar-refractivity contribution < 1.29 is 23.4 Å². The van der Waals surface area contributed by atoms with Gasteiger partial charge in [0.05, 0.1) is 36.8 Å². The molecule has 1 aromatic heterocycles.